The van der Waals surface area contributed by atoms with Crippen LogP contribution in [0.4, 0.5) is 0 Å². The van der Waals surface area contributed by atoms with Gasteiger partial charge in [-0.2, -0.15) is 0 Å². The molecular weight excluding hydrogens is 212 g/mol. The summed E-state index contributed by atoms with van der Waals surface area (Å²) >= 11 is 0. The summed E-state index contributed by atoms with van der Waals surface area (Å²) in [5, 5.41) is 0. The number of fused-ring (bicyclic) bond motifs is 1. The summed E-state index contributed by atoms with van der Waals surface area (Å²) in [6.45, 7) is 9.24. The second kappa shape index (κ2) is 3.71. The van der Waals surface area contributed by atoms with E-state index in [2.05, 4.69) is 27.7 Å². The second-order valence-corrected chi connectivity index (χ2v) is 7.37. The van der Waals surface area contributed by atoms with E-state index in [1.165, 1.54) is 32.1 Å². The highest BCUT2D eigenvalue weighted by atomic mass is 17.2. The Morgan fingerprint density at radius 1 is 1.18 bits per heavy atom. The summed E-state index contributed by atoms with van der Waals surface area (Å²) in [4.78, 5) is 11.6. The van der Waals surface area contributed by atoms with Crippen molar-refractivity contribution in [2.24, 2.45) is 23.2 Å². The van der Waals surface area contributed by atoms with Crippen LogP contribution in [0.1, 0.15) is 59.8 Å². The molecule has 2 heteroatoms. The molecule has 2 bridgehead atoms. The minimum absolute atomic E-state index is 0.00799. The average molecular weight is 238 g/mol. The van der Waals surface area contributed by atoms with Crippen molar-refractivity contribution in [3.05, 3.63) is 0 Å². The van der Waals surface area contributed by atoms with Gasteiger partial charge in [-0.15, -0.1) is 0 Å². The van der Waals surface area contributed by atoms with Crippen molar-refractivity contribution >= 4 is 0 Å². The monoisotopic (exact) mass is 238 g/mol. The van der Waals surface area contributed by atoms with Crippen molar-refractivity contribution in [3.8, 4) is 0 Å². The number of hydrogen-bond acceptors (Lipinski definition) is 2. The van der Waals surface area contributed by atoms with Crippen LogP contribution in [0.3, 0.4) is 0 Å². The van der Waals surface area contributed by atoms with E-state index < -0.39 is 0 Å². The SMILES string of the molecule is CC(C)C1OOC2(C)CCC3C(C)CCC31C2. The highest BCUT2D eigenvalue weighted by Gasteiger charge is 2.61. The van der Waals surface area contributed by atoms with Crippen molar-refractivity contribution in [2.75, 3.05) is 0 Å². The van der Waals surface area contributed by atoms with E-state index in [1.54, 1.807) is 0 Å². The fourth-order valence-corrected chi connectivity index (χ4v) is 5.05. The van der Waals surface area contributed by atoms with E-state index in [-0.39, 0.29) is 5.60 Å². The quantitative estimate of drug-likeness (QED) is 0.644. The zero-order valence-corrected chi connectivity index (χ0v) is 11.7. The van der Waals surface area contributed by atoms with Crippen LogP contribution < -0.4 is 0 Å². The van der Waals surface area contributed by atoms with E-state index in [9.17, 15) is 0 Å². The Kier molecular flexibility index (Phi) is 2.61. The van der Waals surface area contributed by atoms with Gasteiger partial charge in [0.25, 0.3) is 0 Å². The summed E-state index contributed by atoms with van der Waals surface area (Å²) in [6.07, 6.45) is 6.77. The van der Waals surface area contributed by atoms with Crippen molar-refractivity contribution in [2.45, 2.75) is 71.5 Å². The maximum atomic E-state index is 5.86. The molecule has 98 valence electrons. The normalized spacial score (nSPS) is 53.8. The van der Waals surface area contributed by atoms with Crippen molar-refractivity contribution in [3.63, 3.8) is 0 Å². The molecule has 0 aromatic carbocycles. The highest BCUT2D eigenvalue weighted by molar-refractivity contribution is 5.08. The molecule has 1 heterocycles. The number of hydrogen-bond donors (Lipinski definition) is 0. The molecular formula is C15H26O2. The summed E-state index contributed by atoms with van der Waals surface area (Å²) in [6, 6.07) is 0. The van der Waals surface area contributed by atoms with Gasteiger partial charge in [-0.25, -0.2) is 9.78 Å². The Balaban J connectivity index is 1.97. The summed E-state index contributed by atoms with van der Waals surface area (Å²) < 4.78 is 0. The lowest BCUT2D eigenvalue weighted by Crippen LogP contribution is -2.58. The number of rotatable bonds is 1. The Bertz CT molecular complexity index is 314. The fourth-order valence-electron chi connectivity index (χ4n) is 5.05. The van der Waals surface area contributed by atoms with E-state index in [0.29, 0.717) is 17.4 Å². The van der Waals surface area contributed by atoms with Gasteiger partial charge in [-0.1, -0.05) is 20.8 Å². The van der Waals surface area contributed by atoms with Gasteiger partial charge in [-0.05, 0) is 56.8 Å². The highest BCUT2D eigenvalue weighted by Crippen LogP contribution is 2.63. The van der Waals surface area contributed by atoms with Crippen molar-refractivity contribution in [1.82, 2.24) is 0 Å². The van der Waals surface area contributed by atoms with Gasteiger partial charge in [0.15, 0.2) is 0 Å². The first-order valence-corrected chi connectivity index (χ1v) is 7.31. The third-order valence-electron chi connectivity index (χ3n) is 5.70. The standard InChI is InChI=1S/C15H26O2/c1-10(2)13-15-8-5-11(3)12(15)6-7-14(4,9-15)17-16-13/h10-13H,5-9H2,1-4H3. The lowest BCUT2D eigenvalue weighted by atomic mass is 9.57. The molecule has 0 aromatic heterocycles. The van der Waals surface area contributed by atoms with Crippen LogP contribution in [0.5, 0.6) is 0 Å². The van der Waals surface area contributed by atoms with Crippen molar-refractivity contribution < 1.29 is 9.78 Å². The minimum Gasteiger partial charge on any atom is -0.232 e. The van der Waals surface area contributed by atoms with Crippen LogP contribution in [-0.4, -0.2) is 11.7 Å². The van der Waals surface area contributed by atoms with Gasteiger partial charge >= 0.3 is 0 Å². The first-order chi connectivity index (χ1) is 7.97. The first kappa shape index (κ1) is 12.0. The molecule has 17 heavy (non-hydrogen) atoms. The van der Waals surface area contributed by atoms with Crippen LogP contribution in [-0.2, 0) is 9.78 Å². The smallest absolute Gasteiger partial charge is 0.101 e. The molecule has 3 rings (SSSR count). The van der Waals surface area contributed by atoms with E-state index >= 15 is 0 Å². The molecule has 0 amide bonds. The minimum atomic E-state index is -0.00799. The molecule has 3 fully saturated rings. The maximum Gasteiger partial charge on any atom is 0.101 e. The van der Waals surface area contributed by atoms with Crippen LogP contribution in [0.25, 0.3) is 0 Å². The maximum absolute atomic E-state index is 5.86. The van der Waals surface area contributed by atoms with E-state index in [4.69, 9.17) is 9.78 Å². The zero-order valence-electron chi connectivity index (χ0n) is 11.7. The molecule has 0 aromatic rings. The molecule has 0 radical (unpaired) electrons. The molecule has 2 aliphatic carbocycles. The van der Waals surface area contributed by atoms with Gasteiger partial charge in [0.2, 0.25) is 0 Å². The average Bonchev–Trinajstić information content (AvgIpc) is 2.54. The van der Waals surface area contributed by atoms with Crippen LogP contribution in [0, 0.1) is 23.2 Å². The third-order valence-corrected chi connectivity index (χ3v) is 5.70. The predicted molar refractivity (Wildman–Crippen MR) is 67.4 cm³/mol. The molecule has 1 saturated heterocycles. The third kappa shape index (κ3) is 1.60. The Morgan fingerprint density at radius 2 is 1.94 bits per heavy atom. The van der Waals surface area contributed by atoms with Gasteiger partial charge in [-0.3, -0.25) is 0 Å². The molecule has 5 unspecified atom stereocenters. The van der Waals surface area contributed by atoms with Gasteiger partial charge in [0.05, 0.1) is 0 Å². The van der Waals surface area contributed by atoms with Gasteiger partial charge in [0, 0.05) is 5.41 Å². The molecule has 2 nitrogen and oxygen atoms in total. The van der Waals surface area contributed by atoms with E-state index in [1.807, 2.05) is 0 Å². The van der Waals surface area contributed by atoms with Gasteiger partial charge < -0.3 is 0 Å². The van der Waals surface area contributed by atoms with Crippen LogP contribution in [0.15, 0.2) is 0 Å². The predicted octanol–water partition coefficient (Wildman–Crippen LogP) is 3.95. The van der Waals surface area contributed by atoms with Crippen molar-refractivity contribution in [1.29, 1.82) is 0 Å². The Labute approximate surface area is 105 Å². The largest absolute Gasteiger partial charge is 0.232 e. The molecule has 1 spiro atoms. The lowest BCUT2D eigenvalue weighted by molar-refractivity contribution is -0.452. The summed E-state index contributed by atoms with van der Waals surface area (Å²) in [5.41, 5.74) is 0.408. The zero-order chi connectivity index (χ0) is 12.3. The van der Waals surface area contributed by atoms with Gasteiger partial charge in [0.1, 0.15) is 11.7 Å². The Morgan fingerprint density at radius 3 is 2.65 bits per heavy atom. The first-order valence-electron chi connectivity index (χ1n) is 7.31. The lowest BCUT2D eigenvalue weighted by Gasteiger charge is -2.56. The van der Waals surface area contributed by atoms with Crippen LogP contribution >= 0.6 is 0 Å². The molecule has 0 N–H and O–H groups in total. The Hall–Kier alpha value is -0.0800. The molecule has 2 saturated carbocycles. The summed E-state index contributed by atoms with van der Waals surface area (Å²) in [5.74, 6) is 2.31. The summed E-state index contributed by atoms with van der Waals surface area (Å²) in [7, 11) is 0. The topological polar surface area (TPSA) is 18.5 Å². The molecule has 5 atom stereocenters. The van der Waals surface area contributed by atoms with E-state index in [0.717, 1.165) is 11.8 Å². The molecule has 1 aliphatic heterocycles. The second-order valence-electron chi connectivity index (χ2n) is 7.37. The van der Waals surface area contributed by atoms with Crippen LogP contribution in [0.2, 0.25) is 0 Å². The fraction of sp³-hybridized carbons (Fsp3) is 1.00. The molecule has 3 aliphatic rings.